The molecule has 0 spiro atoms. The topological polar surface area (TPSA) is 68.9 Å². The van der Waals surface area contributed by atoms with Gasteiger partial charge in [-0.15, -0.1) is 24.0 Å². The van der Waals surface area contributed by atoms with E-state index in [4.69, 9.17) is 26.8 Å². The number of nitrogens with zero attached hydrogens (tertiary/aromatic N) is 1. The molecule has 0 heterocycles. The van der Waals surface area contributed by atoms with Crippen LogP contribution in [0.3, 0.4) is 0 Å². The van der Waals surface area contributed by atoms with Crippen LogP contribution in [-0.2, 0) is 6.54 Å². The second-order valence-electron chi connectivity index (χ2n) is 5.95. The molecule has 0 radical (unpaired) electrons. The minimum Gasteiger partial charge on any atom is -0.495 e. The first-order valence-corrected chi connectivity index (χ1v) is 8.43. The number of hydrogen-bond donors (Lipinski definition) is 2. The molecule has 3 N–H and O–H groups in total. The van der Waals surface area contributed by atoms with E-state index < -0.39 is 0 Å². The number of rotatable bonds is 6. The van der Waals surface area contributed by atoms with Crippen molar-refractivity contribution in [1.82, 2.24) is 0 Å². The molecule has 0 saturated heterocycles. The van der Waals surface area contributed by atoms with E-state index in [9.17, 15) is 0 Å². The predicted molar refractivity (Wildman–Crippen MR) is 119 cm³/mol. The van der Waals surface area contributed by atoms with Crippen molar-refractivity contribution in [3.63, 3.8) is 0 Å². The van der Waals surface area contributed by atoms with Crippen LogP contribution >= 0.6 is 35.6 Å². The number of aliphatic imine (C=N–C) groups is 1. The van der Waals surface area contributed by atoms with Gasteiger partial charge in [0.2, 0.25) is 0 Å². The lowest BCUT2D eigenvalue weighted by Gasteiger charge is -2.14. The molecule has 0 aliphatic heterocycles. The van der Waals surface area contributed by atoms with Gasteiger partial charge in [0, 0.05) is 11.3 Å². The summed E-state index contributed by atoms with van der Waals surface area (Å²) in [5.41, 5.74) is 8.85. The zero-order chi connectivity index (χ0) is 18.4. The SMILES string of the molecule is COc1ccc(NC(N)=NCc2ccc(C)cc2OC(C)C)cc1Cl.I. The molecule has 5 nitrogen and oxygen atoms in total. The largest absolute Gasteiger partial charge is 0.495 e. The van der Waals surface area contributed by atoms with E-state index in [1.165, 1.54) is 0 Å². The Balaban J connectivity index is 0.00000338. The Labute approximate surface area is 177 Å². The first-order chi connectivity index (χ1) is 11.9. The van der Waals surface area contributed by atoms with Gasteiger partial charge in [0.05, 0.1) is 24.8 Å². The van der Waals surface area contributed by atoms with Crippen LogP contribution in [0.4, 0.5) is 5.69 Å². The van der Waals surface area contributed by atoms with Crippen molar-refractivity contribution in [3.05, 3.63) is 52.5 Å². The highest BCUT2D eigenvalue weighted by molar-refractivity contribution is 14.0. The van der Waals surface area contributed by atoms with E-state index in [1.54, 1.807) is 19.2 Å². The highest BCUT2D eigenvalue weighted by Gasteiger charge is 2.07. The third-order valence-corrected chi connectivity index (χ3v) is 3.72. The maximum atomic E-state index is 6.11. The zero-order valence-corrected chi connectivity index (χ0v) is 18.5. The second-order valence-corrected chi connectivity index (χ2v) is 6.36. The lowest BCUT2D eigenvalue weighted by Crippen LogP contribution is -2.22. The van der Waals surface area contributed by atoms with Gasteiger partial charge >= 0.3 is 0 Å². The van der Waals surface area contributed by atoms with Gasteiger partial charge < -0.3 is 20.5 Å². The molecule has 0 unspecified atom stereocenters. The van der Waals surface area contributed by atoms with Crippen molar-refractivity contribution in [2.24, 2.45) is 10.7 Å². The molecule has 2 aromatic carbocycles. The van der Waals surface area contributed by atoms with Crippen LogP contribution in [0, 0.1) is 6.92 Å². The van der Waals surface area contributed by atoms with Gasteiger partial charge in [0.25, 0.3) is 0 Å². The number of methoxy groups -OCH3 is 1. The maximum Gasteiger partial charge on any atom is 0.193 e. The van der Waals surface area contributed by atoms with Gasteiger partial charge in [0.1, 0.15) is 11.5 Å². The molecule has 7 heteroatoms. The van der Waals surface area contributed by atoms with E-state index in [2.05, 4.69) is 10.3 Å². The highest BCUT2D eigenvalue weighted by atomic mass is 127. The van der Waals surface area contributed by atoms with E-state index >= 15 is 0 Å². The van der Waals surface area contributed by atoms with Crippen LogP contribution in [0.2, 0.25) is 5.02 Å². The molecular formula is C19H25ClIN3O2. The molecular weight excluding hydrogens is 465 g/mol. The Morgan fingerprint density at radius 2 is 1.92 bits per heavy atom. The van der Waals surface area contributed by atoms with Gasteiger partial charge in [-0.2, -0.15) is 0 Å². The maximum absolute atomic E-state index is 6.11. The van der Waals surface area contributed by atoms with Gasteiger partial charge in [-0.05, 0) is 50.6 Å². The van der Waals surface area contributed by atoms with Crippen molar-refractivity contribution in [2.45, 2.75) is 33.4 Å². The number of aryl methyl sites for hydroxylation is 1. The number of nitrogens with two attached hydrogens (primary N) is 1. The summed E-state index contributed by atoms with van der Waals surface area (Å²) in [6.45, 7) is 6.45. The molecule has 0 aromatic heterocycles. The quantitative estimate of drug-likeness (QED) is 0.341. The Hall–Kier alpha value is -1.67. The van der Waals surface area contributed by atoms with Crippen molar-refractivity contribution in [1.29, 1.82) is 0 Å². The fourth-order valence-electron chi connectivity index (χ4n) is 2.26. The van der Waals surface area contributed by atoms with E-state index in [1.807, 2.05) is 45.0 Å². The fraction of sp³-hybridized carbons (Fsp3) is 0.316. The summed E-state index contributed by atoms with van der Waals surface area (Å²) < 4.78 is 11.0. The van der Waals surface area contributed by atoms with E-state index in [0.29, 0.717) is 23.3 Å². The lowest BCUT2D eigenvalue weighted by atomic mass is 10.1. The summed E-state index contributed by atoms with van der Waals surface area (Å²) in [6, 6.07) is 11.4. The normalized spacial score (nSPS) is 11.1. The monoisotopic (exact) mass is 489 g/mol. The van der Waals surface area contributed by atoms with Crippen LogP contribution in [0.15, 0.2) is 41.4 Å². The number of halogens is 2. The number of benzene rings is 2. The first kappa shape index (κ1) is 22.4. The summed E-state index contributed by atoms with van der Waals surface area (Å²) in [4.78, 5) is 4.39. The van der Waals surface area contributed by atoms with Crippen LogP contribution in [-0.4, -0.2) is 19.2 Å². The lowest BCUT2D eigenvalue weighted by molar-refractivity contribution is 0.240. The van der Waals surface area contributed by atoms with Gasteiger partial charge in [0.15, 0.2) is 5.96 Å². The fourth-order valence-corrected chi connectivity index (χ4v) is 2.52. The predicted octanol–water partition coefficient (Wildman–Crippen LogP) is 4.99. The van der Waals surface area contributed by atoms with Crippen molar-refractivity contribution in [3.8, 4) is 11.5 Å². The van der Waals surface area contributed by atoms with Gasteiger partial charge in [-0.1, -0.05) is 23.7 Å². The zero-order valence-electron chi connectivity index (χ0n) is 15.4. The third-order valence-electron chi connectivity index (χ3n) is 3.43. The van der Waals surface area contributed by atoms with E-state index in [-0.39, 0.29) is 30.1 Å². The summed E-state index contributed by atoms with van der Waals surface area (Å²) in [6.07, 6.45) is 0.0986. The Morgan fingerprint density at radius 1 is 1.19 bits per heavy atom. The molecule has 142 valence electrons. The number of nitrogens with one attached hydrogen (secondary N) is 1. The minimum atomic E-state index is 0. The highest BCUT2D eigenvalue weighted by Crippen LogP contribution is 2.27. The Bertz CT molecular complexity index is 766. The second kappa shape index (κ2) is 10.5. The Morgan fingerprint density at radius 3 is 2.54 bits per heavy atom. The van der Waals surface area contributed by atoms with Gasteiger partial charge in [-0.25, -0.2) is 4.99 Å². The molecule has 0 amide bonds. The number of guanidine groups is 1. The summed E-state index contributed by atoms with van der Waals surface area (Å²) >= 11 is 6.11. The van der Waals surface area contributed by atoms with Crippen molar-refractivity contribution in [2.75, 3.05) is 12.4 Å². The molecule has 2 rings (SSSR count). The van der Waals surface area contributed by atoms with Crippen LogP contribution in [0.5, 0.6) is 11.5 Å². The molecule has 0 atom stereocenters. The molecule has 0 aliphatic rings. The van der Waals surface area contributed by atoms with Crippen LogP contribution in [0.25, 0.3) is 0 Å². The van der Waals surface area contributed by atoms with Crippen molar-refractivity contribution < 1.29 is 9.47 Å². The Kier molecular flexibility index (Phi) is 9.01. The van der Waals surface area contributed by atoms with E-state index in [0.717, 1.165) is 22.6 Å². The average Bonchev–Trinajstić information content (AvgIpc) is 2.53. The molecule has 0 bridgehead atoms. The summed E-state index contributed by atoms with van der Waals surface area (Å²) in [7, 11) is 1.57. The number of anilines is 1. The standard InChI is InChI=1S/C19H24ClN3O2.HI/c1-12(2)25-18-9-13(3)5-6-14(18)11-22-19(21)23-15-7-8-17(24-4)16(20)10-15;/h5-10,12H,11H2,1-4H3,(H3,21,22,23);1H. The van der Waals surface area contributed by atoms with Crippen molar-refractivity contribution >= 4 is 47.2 Å². The smallest absolute Gasteiger partial charge is 0.193 e. The van der Waals surface area contributed by atoms with Crippen LogP contribution < -0.4 is 20.5 Å². The molecule has 26 heavy (non-hydrogen) atoms. The molecule has 0 fully saturated rings. The molecule has 0 aliphatic carbocycles. The minimum absolute atomic E-state index is 0. The third kappa shape index (κ3) is 6.57. The average molecular weight is 490 g/mol. The first-order valence-electron chi connectivity index (χ1n) is 8.05. The van der Waals surface area contributed by atoms with Gasteiger partial charge in [-0.3, -0.25) is 0 Å². The van der Waals surface area contributed by atoms with Crippen LogP contribution in [0.1, 0.15) is 25.0 Å². The number of hydrogen-bond acceptors (Lipinski definition) is 3. The molecule has 0 saturated carbocycles. The summed E-state index contributed by atoms with van der Waals surface area (Å²) in [5.74, 6) is 1.74. The number of ether oxygens (including phenoxy) is 2. The summed E-state index contributed by atoms with van der Waals surface area (Å²) in [5, 5.41) is 3.53. The molecule has 2 aromatic rings.